The van der Waals surface area contributed by atoms with Crippen LogP contribution in [0, 0.1) is 5.92 Å². The lowest BCUT2D eigenvalue weighted by molar-refractivity contribution is -0.117. The summed E-state index contributed by atoms with van der Waals surface area (Å²) in [5.41, 5.74) is 1.57. The van der Waals surface area contributed by atoms with Crippen molar-refractivity contribution in [2.45, 2.75) is 19.3 Å². The third kappa shape index (κ3) is 4.87. The molecule has 0 spiro atoms. The minimum Gasteiger partial charge on any atom is -0.495 e. The molecule has 35 heavy (non-hydrogen) atoms. The quantitative estimate of drug-likeness (QED) is 0.468. The summed E-state index contributed by atoms with van der Waals surface area (Å²) in [6.45, 7) is 2.00. The topological polar surface area (TPSA) is 121 Å². The number of benzene rings is 1. The molecule has 2 aromatic heterocycles. The molecule has 3 N–H and O–H groups in total. The number of alkyl halides is 2. The number of nitrogens with zero attached hydrogens (tertiary/aromatic N) is 3. The highest BCUT2D eigenvalue weighted by Gasteiger charge is 2.30. The molecule has 5 rings (SSSR count). The molecule has 3 aromatic rings. The van der Waals surface area contributed by atoms with Crippen molar-refractivity contribution in [3.8, 4) is 5.75 Å². The SMILES string of the molecule is COc1cc(C(=O)N2CCOCC2)ccc1Nc1cc(NC(=O)C2CC2)nc2[nH]c(C(F)F)nc12. The summed E-state index contributed by atoms with van der Waals surface area (Å²) >= 11 is 0. The van der Waals surface area contributed by atoms with Gasteiger partial charge in [-0.05, 0) is 31.0 Å². The molecular formula is C23H24F2N6O4. The maximum atomic E-state index is 13.3. The summed E-state index contributed by atoms with van der Waals surface area (Å²) in [5.74, 6) is -0.302. The van der Waals surface area contributed by atoms with E-state index in [1.54, 1.807) is 23.1 Å². The number of hydrogen-bond donors (Lipinski definition) is 3. The second kappa shape index (κ2) is 9.45. The number of amides is 2. The zero-order chi connectivity index (χ0) is 24.5. The monoisotopic (exact) mass is 486 g/mol. The Bertz CT molecular complexity index is 1270. The van der Waals surface area contributed by atoms with E-state index in [0.717, 1.165) is 12.8 Å². The zero-order valence-corrected chi connectivity index (χ0v) is 18.9. The fourth-order valence-corrected chi connectivity index (χ4v) is 3.87. The molecule has 10 nitrogen and oxygen atoms in total. The Morgan fingerprint density at radius 3 is 2.63 bits per heavy atom. The molecule has 2 amide bonds. The molecule has 0 radical (unpaired) electrons. The molecule has 184 valence electrons. The number of imidazole rings is 1. The number of ether oxygens (including phenoxy) is 2. The minimum atomic E-state index is -2.82. The lowest BCUT2D eigenvalue weighted by Crippen LogP contribution is -2.40. The third-order valence-corrected chi connectivity index (χ3v) is 5.89. The molecule has 1 aliphatic heterocycles. The first kappa shape index (κ1) is 23.0. The summed E-state index contributed by atoms with van der Waals surface area (Å²) in [5, 5.41) is 5.87. The molecule has 2 aliphatic rings. The van der Waals surface area contributed by atoms with Crippen molar-refractivity contribution in [2.75, 3.05) is 44.0 Å². The Morgan fingerprint density at radius 1 is 1.17 bits per heavy atom. The molecule has 1 aromatic carbocycles. The van der Waals surface area contributed by atoms with E-state index in [2.05, 4.69) is 25.6 Å². The predicted molar refractivity (Wildman–Crippen MR) is 123 cm³/mol. The van der Waals surface area contributed by atoms with Gasteiger partial charge in [-0.1, -0.05) is 0 Å². The number of carbonyl (C=O) groups is 2. The highest BCUT2D eigenvalue weighted by molar-refractivity contribution is 5.98. The fraction of sp³-hybridized carbons (Fsp3) is 0.391. The Kier molecular flexibility index (Phi) is 6.20. The van der Waals surface area contributed by atoms with Crippen molar-refractivity contribution < 1.29 is 27.8 Å². The van der Waals surface area contributed by atoms with Crippen molar-refractivity contribution in [3.05, 3.63) is 35.7 Å². The van der Waals surface area contributed by atoms with Crippen LogP contribution in [0.2, 0.25) is 0 Å². The first-order valence-electron chi connectivity index (χ1n) is 11.2. The largest absolute Gasteiger partial charge is 0.495 e. The second-order valence-electron chi connectivity index (χ2n) is 8.38. The summed E-state index contributed by atoms with van der Waals surface area (Å²) < 4.78 is 37.4. The van der Waals surface area contributed by atoms with Gasteiger partial charge in [-0.3, -0.25) is 9.59 Å². The van der Waals surface area contributed by atoms with E-state index in [-0.39, 0.29) is 34.7 Å². The van der Waals surface area contributed by atoms with E-state index >= 15 is 0 Å². The minimum absolute atomic E-state index is 0.0565. The fourth-order valence-electron chi connectivity index (χ4n) is 3.87. The Hall–Kier alpha value is -3.80. The standard InChI is InChI=1S/C23H24F2N6O4/c1-34-16-10-13(23(33)31-6-8-35-9-7-31)4-5-14(16)26-15-11-17(28-22(32)12-2-3-12)27-20-18(15)29-21(30-20)19(24)25/h4-5,10-12,19H,2-3,6-9H2,1H3,(H3,26,27,28,29,30,32). The Labute approximate surface area is 199 Å². The van der Waals surface area contributed by atoms with Gasteiger partial charge >= 0.3 is 0 Å². The normalized spacial score (nSPS) is 15.9. The van der Waals surface area contributed by atoms with Gasteiger partial charge in [0.1, 0.15) is 17.1 Å². The van der Waals surface area contributed by atoms with Gasteiger partial charge in [0.2, 0.25) is 5.91 Å². The van der Waals surface area contributed by atoms with Gasteiger partial charge in [0.15, 0.2) is 11.5 Å². The van der Waals surface area contributed by atoms with E-state index in [4.69, 9.17) is 9.47 Å². The zero-order valence-electron chi connectivity index (χ0n) is 18.9. The molecule has 0 unspecified atom stereocenters. The number of H-pyrrole nitrogens is 1. The number of aromatic nitrogens is 3. The van der Waals surface area contributed by atoms with E-state index in [0.29, 0.717) is 49.0 Å². The number of aromatic amines is 1. The molecule has 12 heteroatoms. The number of hydrogen-bond acceptors (Lipinski definition) is 7. The lowest BCUT2D eigenvalue weighted by atomic mass is 10.1. The van der Waals surface area contributed by atoms with E-state index < -0.39 is 12.2 Å². The van der Waals surface area contributed by atoms with Crippen LogP contribution in [0.4, 0.5) is 26.0 Å². The predicted octanol–water partition coefficient (Wildman–Crippen LogP) is 3.47. The maximum absolute atomic E-state index is 13.3. The van der Waals surface area contributed by atoms with Crippen LogP contribution in [-0.2, 0) is 9.53 Å². The first-order chi connectivity index (χ1) is 16.9. The van der Waals surface area contributed by atoms with Crippen LogP contribution in [0.5, 0.6) is 5.75 Å². The average Bonchev–Trinajstić information content (AvgIpc) is 3.63. The summed E-state index contributed by atoms with van der Waals surface area (Å²) in [7, 11) is 1.47. The van der Waals surface area contributed by atoms with Gasteiger partial charge in [-0.15, -0.1) is 0 Å². The van der Waals surface area contributed by atoms with Crippen molar-refractivity contribution in [1.29, 1.82) is 0 Å². The second-order valence-corrected chi connectivity index (χ2v) is 8.38. The van der Waals surface area contributed by atoms with Crippen LogP contribution < -0.4 is 15.4 Å². The van der Waals surface area contributed by atoms with Gasteiger partial charge in [-0.25, -0.2) is 18.7 Å². The molecule has 0 bridgehead atoms. The molecule has 1 saturated carbocycles. The van der Waals surface area contributed by atoms with Crippen LogP contribution in [-0.4, -0.2) is 65.1 Å². The number of nitrogens with one attached hydrogen (secondary N) is 3. The van der Waals surface area contributed by atoms with Crippen molar-refractivity contribution in [3.63, 3.8) is 0 Å². The van der Waals surface area contributed by atoms with Crippen molar-refractivity contribution in [2.24, 2.45) is 5.92 Å². The molecule has 0 atom stereocenters. The number of carbonyl (C=O) groups excluding carboxylic acids is 2. The van der Waals surface area contributed by atoms with Crippen LogP contribution in [0.25, 0.3) is 11.2 Å². The van der Waals surface area contributed by atoms with Crippen molar-refractivity contribution >= 4 is 40.2 Å². The van der Waals surface area contributed by atoms with Crippen LogP contribution in [0.3, 0.4) is 0 Å². The van der Waals surface area contributed by atoms with Gasteiger partial charge in [-0.2, -0.15) is 0 Å². The molecule has 3 heterocycles. The number of pyridine rings is 1. The summed E-state index contributed by atoms with van der Waals surface area (Å²) in [6, 6.07) is 6.47. The van der Waals surface area contributed by atoms with Gasteiger partial charge < -0.3 is 30.0 Å². The van der Waals surface area contributed by atoms with Gasteiger partial charge in [0.25, 0.3) is 12.3 Å². The molecule has 2 fully saturated rings. The molecular weight excluding hydrogens is 462 g/mol. The van der Waals surface area contributed by atoms with Crippen molar-refractivity contribution in [1.82, 2.24) is 19.9 Å². The number of methoxy groups -OCH3 is 1. The number of halogens is 2. The number of rotatable bonds is 7. The highest BCUT2D eigenvalue weighted by Crippen LogP contribution is 2.35. The van der Waals surface area contributed by atoms with Crippen LogP contribution in [0.1, 0.15) is 35.4 Å². The van der Waals surface area contributed by atoms with Crippen LogP contribution >= 0.6 is 0 Å². The van der Waals surface area contributed by atoms with Crippen LogP contribution in [0.15, 0.2) is 24.3 Å². The number of fused-ring (bicyclic) bond motifs is 1. The maximum Gasteiger partial charge on any atom is 0.295 e. The van der Waals surface area contributed by atoms with E-state index in [9.17, 15) is 18.4 Å². The molecule has 1 saturated heterocycles. The number of anilines is 3. The van der Waals surface area contributed by atoms with E-state index in [1.165, 1.54) is 13.2 Å². The average molecular weight is 486 g/mol. The first-order valence-corrected chi connectivity index (χ1v) is 11.2. The summed E-state index contributed by atoms with van der Waals surface area (Å²) in [6.07, 6.45) is -1.20. The molecule has 1 aliphatic carbocycles. The highest BCUT2D eigenvalue weighted by atomic mass is 19.3. The lowest BCUT2D eigenvalue weighted by Gasteiger charge is -2.27. The van der Waals surface area contributed by atoms with E-state index in [1.807, 2.05) is 0 Å². The number of morpholine rings is 1. The van der Waals surface area contributed by atoms with Gasteiger partial charge in [0, 0.05) is 30.6 Å². The van der Waals surface area contributed by atoms with Gasteiger partial charge in [0.05, 0.1) is 31.7 Å². The smallest absolute Gasteiger partial charge is 0.295 e. The Morgan fingerprint density at radius 2 is 1.94 bits per heavy atom. The third-order valence-electron chi connectivity index (χ3n) is 5.89. The Balaban J connectivity index is 1.47. The summed E-state index contributed by atoms with van der Waals surface area (Å²) in [4.78, 5) is 37.5.